The van der Waals surface area contributed by atoms with E-state index < -0.39 is 6.10 Å². The molecule has 2 heterocycles. The predicted molar refractivity (Wildman–Crippen MR) is 75.2 cm³/mol. The molecular weight excluding hydrogens is 254 g/mol. The summed E-state index contributed by atoms with van der Waals surface area (Å²) in [4.78, 5) is 14.0. The van der Waals surface area contributed by atoms with Crippen molar-refractivity contribution < 1.29 is 9.90 Å². The fourth-order valence-corrected chi connectivity index (χ4v) is 2.50. The van der Waals surface area contributed by atoms with Gasteiger partial charge in [0.2, 0.25) is 0 Å². The molecule has 0 bridgehead atoms. The molecule has 1 fully saturated rings. The number of β-amino-alcohol motifs (C(OH)–C–C–N with tert-alkyl or cyclic N) is 1. The monoisotopic (exact) mass is 271 g/mol. The quantitative estimate of drug-likeness (QED) is 0.873. The third-order valence-corrected chi connectivity index (χ3v) is 3.56. The van der Waals surface area contributed by atoms with E-state index in [4.69, 9.17) is 0 Å². The summed E-state index contributed by atoms with van der Waals surface area (Å²) >= 11 is 0. The molecule has 1 aromatic carbocycles. The lowest BCUT2D eigenvalue weighted by Gasteiger charge is -2.29. The van der Waals surface area contributed by atoms with Crippen LogP contribution in [0.4, 0.5) is 0 Å². The van der Waals surface area contributed by atoms with Crippen molar-refractivity contribution in [3.8, 4) is 11.3 Å². The van der Waals surface area contributed by atoms with Crippen LogP contribution in [0.15, 0.2) is 36.4 Å². The first kappa shape index (κ1) is 12.9. The van der Waals surface area contributed by atoms with Crippen LogP contribution in [0.3, 0.4) is 0 Å². The molecule has 3 rings (SSSR count). The molecule has 104 valence electrons. The van der Waals surface area contributed by atoms with Crippen LogP contribution in [0.25, 0.3) is 11.3 Å². The van der Waals surface area contributed by atoms with Crippen molar-refractivity contribution >= 4 is 5.91 Å². The minimum Gasteiger partial charge on any atom is -0.391 e. The fraction of sp³-hybridized carbons (Fsp3) is 0.333. The largest absolute Gasteiger partial charge is 0.391 e. The molecule has 2 N–H and O–H groups in total. The Hall–Kier alpha value is -2.14. The number of rotatable bonds is 2. The second-order valence-corrected chi connectivity index (χ2v) is 5.08. The maximum absolute atomic E-state index is 12.3. The average Bonchev–Trinajstić information content (AvgIpc) is 2.97. The Balaban J connectivity index is 1.78. The van der Waals surface area contributed by atoms with Gasteiger partial charge in [0.25, 0.3) is 5.91 Å². The molecule has 1 aromatic heterocycles. The highest BCUT2D eigenvalue weighted by molar-refractivity contribution is 5.93. The zero-order chi connectivity index (χ0) is 13.9. The molecule has 5 heteroatoms. The van der Waals surface area contributed by atoms with Gasteiger partial charge in [-0.3, -0.25) is 9.89 Å². The van der Waals surface area contributed by atoms with E-state index in [2.05, 4.69) is 10.2 Å². The van der Waals surface area contributed by atoms with Crippen LogP contribution in [-0.2, 0) is 0 Å². The molecule has 2 aromatic rings. The Kier molecular flexibility index (Phi) is 3.52. The molecule has 0 aliphatic carbocycles. The molecule has 1 saturated heterocycles. The number of piperidine rings is 1. The number of hydrogen-bond donors (Lipinski definition) is 2. The molecule has 1 aliphatic heterocycles. The van der Waals surface area contributed by atoms with Gasteiger partial charge in [0.1, 0.15) is 5.69 Å². The number of benzene rings is 1. The molecule has 1 atom stereocenters. The molecule has 0 spiro atoms. The summed E-state index contributed by atoms with van der Waals surface area (Å²) in [5.41, 5.74) is 2.20. The van der Waals surface area contributed by atoms with E-state index in [1.54, 1.807) is 11.0 Å². The van der Waals surface area contributed by atoms with Gasteiger partial charge in [-0.05, 0) is 18.9 Å². The van der Waals surface area contributed by atoms with Crippen LogP contribution >= 0.6 is 0 Å². The summed E-state index contributed by atoms with van der Waals surface area (Å²) < 4.78 is 0. The fourth-order valence-electron chi connectivity index (χ4n) is 2.50. The molecule has 5 nitrogen and oxygen atoms in total. The summed E-state index contributed by atoms with van der Waals surface area (Å²) in [6.07, 6.45) is 1.19. The number of nitrogens with zero attached hydrogens (tertiary/aromatic N) is 2. The van der Waals surface area contributed by atoms with Crippen LogP contribution in [0.2, 0.25) is 0 Å². The van der Waals surface area contributed by atoms with E-state index >= 15 is 0 Å². The summed E-state index contributed by atoms with van der Waals surface area (Å²) in [7, 11) is 0. The topological polar surface area (TPSA) is 69.2 Å². The Labute approximate surface area is 117 Å². The zero-order valence-corrected chi connectivity index (χ0v) is 11.1. The molecule has 1 aliphatic rings. The van der Waals surface area contributed by atoms with Crippen molar-refractivity contribution in [3.63, 3.8) is 0 Å². The smallest absolute Gasteiger partial charge is 0.271 e. The number of likely N-dealkylation sites (tertiary alicyclic amines) is 1. The first-order chi connectivity index (χ1) is 9.74. The Morgan fingerprint density at radius 3 is 2.90 bits per heavy atom. The third-order valence-electron chi connectivity index (χ3n) is 3.56. The SMILES string of the molecule is O=C(c1cc(-c2ccccc2)n[nH]1)N1CCCC(O)C1. The third kappa shape index (κ3) is 2.58. The van der Waals surface area contributed by atoms with Gasteiger partial charge in [0, 0.05) is 18.7 Å². The number of carbonyl (C=O) groups excluding carboxylic acids is 1. The second-order valence-electron chi connectivity index (χ2n) is 5.08. The number of nitrogens with one attached hydrogen (secondary N) is 1. The van der Waals surface area contributed by atoms with Crippen LogP contribution in [0, 0.1) is 0 Å². The van der Waals surface area contributed by atoms with Crippen molar-refractivity contribution in [1.82, 2.24) is 15.1 Å². The molecule has 0 saturated carbocycles. The number of aromatic nitrogens is 2. The number of amides is 1. The maximum Gasteiger partial charge on any atom is 0.271 e. The standard InChI is InChI=1S/C15H17N3O2/c19-12-7-4-8-18(10-12)15(20)14-9-13(16-17-14)11-5-2-1-3-6-11/h1-3,5-6,9,12,19H,4,7-8,10H2,(H,16,17). The van der Waals surface area contributed by atoms with Crippen molar-refractivity contribution in [1.29, 1.82) is 0 Å². The first-order valence-corrected chi connectivity index (χ1v) is 6.82. The van der Waals surface area contributed by atoms with Gasteiger partial charge in [0.05, 0.1) is 11.8 Å². The highest BCUT2D eigenvalue weighted by atomic mass is 16.3. The average molecular weight is 271 g/mol. The van der Waals surface area contributed by atoms with Gasteiger partial charge < -0.3 is 10.0 Å². The van der Waals surface area contributed by atoms with Crippen molar-refractivity contribution in [3.05, 3.63) is 42.1 Å². The van der Waals surface area contributed by atoms with Gasteiger partial charge >= 0.3 is 0 Å². The van der Waals surface area contributed by atoms with E-state index in [1.807, 2.05) is 30.3 Å². The second kappa shape index (κ2) is 5.46. The van der Waals surface area contributed by atoms with Gasteiger partial charge in [-0.15, -0.1) is 0 Å². The number of aromatic amines is 1. The van der Waals surface area contributed by atoms with Crippen LogP contribution in [0.5, 0.6) is 0 Å². The van der Waals surface area contributed by atoms with Crippen molar-refractivity contribution in [2.45, 2.75) is 18.9 Å². The normalized spacial score (nSPS) is 19.1. The van der Waals surface area contributed by atoms with Gasteiger partial charge in [-0.2, -0.15) is 5.10 Å². The van der Waals surface area contributed by atoms with Gasteiger partial charge in [-0.25, -0.2) is 0 Å². The first-order valence-electron chi connectivity index (χ1n) is 6.82. The number of hydrogen-bond acceptors (Lipinski definition) is 3. The van der Waals surface area contributed by atoms with Crippen LogP contribution in [-0.4, -0.2) is 45.3 Å². The number of H-pyrrole nitrogens is 1. The van der Waals surface area contributed by atoms with Gasteiger partial charge in [0.15, 0.2) is 0 Å². The Bertz CT molecular complexity index is 594. The summed E-state index contributed by atoms with van der Waals surface area (Å²) in [6, 6.07) is 11.5. The minimum absolute atomic E-state index is 0.0987. The molecule has 1 amide bonds. The number of carbonyl (C=O) groups is 1. The lowest BCUT2D eigenvalue weighted by atomic mass is 10.1. The Morgan fingerprint density at radius 2 is 2.15 bits per heavy atom. The lowest BCUT2D eigenvalue weighted by Crippen LogP contribution is -2.42. The summed E-state index contributed by atoms with van der Waals surface area (Å²) in [5, 5.41) is 16.6. The molecule has 1 unspecified atom stereocenters. The Morgan fingerprint density at radius 1 is 1.35 bits per heavy atom. The van der Waals surface area contributed by atoms with E-state index in [0.717, 1.165) is 24.1 Å². The van der Waals surface area contributed by atoms with Crippen LogP contribution in [0.1, 0.15) is 23.3 Å². The van der Waals surface area contributed by atoms with E-state index in [-0.39, 0.29) is 5.91 Å². The highest BCUT2D eigenvalue weighted by Gasteiger charge is 2.24. The molecule has 0 radical (unpaired) electrons. The zero-order valence-electron chi connectivity index (χ0n) is 11.1. The van der Waals surface area contributed by atoms with Gasteiger partial charge in [-0.1, -0.05) is 30.3 Å². The van der Waals surface area contributed by atoms with Crippen LogP contribution < -0.4 is 0 Å². The van der Waals surface area contributed by atoms with Crippen molar-refractivity contribution in [2.75, 3.05) is 13.1 Å². The number of aliphatic hydroxyl groups is 1. The number of aliphatic hydroxyl groups excluding tert-OH is 1. The van der Waals surface area contributed by atoms with E-state index in [9.17, 15) is 9.90 Å². The highest BCUT2D eigenvalue weighted by Crippen LogP contribution is 2.19. The minimum atomic E-state index is -0.413. The predicted octanol–water partition coefficient (Wildman–Crippen LogP) is 1.67. The van der Waals surface area contributed by atoms with Crippen molar-refractivity contribution in [2.24, 2.45) is 0 Å². The van der Waals surface area contributed by atoms with E-state index in [0.29, 0.717) is 18.8 Å². The summed E-state index contributed by atoms with van der Waals surface area (Å²) in [6.45, 7) is 1.09. The molecular formula is C15H17N3O2. The van der Waals surface area contributed by atoms with E-state index in [1.165, 1.54) is 0 Å². The lowest BCUT2D eigenvalue weighted by molar-refractivity contribution is 0.0469. The maximum atomic E-state index is 12.3. The molecule has 20 heavy (non-hydrogen) atoms. The summed E-state index contributed by atoms with van der Waals surface area (Å²) in [5.74, 6) is -0.0987.